The highest BCUT2D eigenvalue weighted by Crippen LogP contribution is 2.23. The first-order chi connectivity index (χ1) is 8.08. The average molecular weight is 241 g/mol. The van der Waals surface area contributed by atoms with Crippen LogP contribution >= 0.6 is 0 Å². The van der Waals surface area contributed by atoms with E-state index in [1.807, 2.05) is 6.92 Å². The van der Waals surface area contributed by atoms with E-state index in [2.05, 4.69) is 17.4 Å². The Balaban J connectivity index is 2.47. The maximum atomic E-state index is 11.9. The first kappa shape index (κ1) is 13.8. The highest BCUT2D eigenvalue weighted by Gasteiger charge is 2.25. The fourth-order valence-corrected chi connectivity index (χ4v) is 2.30. The molecule has 98 valence electrons. The lowest BCUT2D eigenvalue weighted by Gasteiger charge is -2.28. The van der Waals surface area contributed by atoms with Crippen molar-refractivity contribution >= 4 is 11.7 Å². The number of rotatable bonds is 4. The maximum absolute atomic E-state index is 11.9. The summed E-state index contributed by atoms with van der Waals surface area (Å²) in [6, 6.07) is 0.249. The predicted molar refractivity (Wildman–Crippen MR) is 66.8 cm³/mol. The van der Waals surface area contributed by atoms with Crippen LogP contribution in [-0.2, 0) is 4.79 Å². The first-order valence-corrected chi connectivity index (χ1v) is 6.36. The van der Waals surface area contributed by atoms with Crippen LogP contribution in [0.2, 0.25) is 0 Å². The number of hydrogen-bond acceptors (Lipinski definition) is 3. The number of carbonyl (C=O) groups excluding carboxylic acids is 1. The molecule has 0 saturated heterocycles. The number of oxime groups is 1. The normalized spacial score (nSPS) is 27.5. The zero-order valence-corrected chi connectivity index (χ0v) is 10.6. The second-order valence-corrected chi connectivity index (χ2v) is 4.95. The lowest BCUT2D eigenvalue weighted by molar-refractivity contribution is -0.124. The SMILES string of the molecule is CCC(C(=O)NC1CCC(C)CC1)/C(N)=N/O. The molecule has 1 atom stereocenters. The van der Waals surface area contributed by atoms with Gasteiger partial charge in [0.05, 0.1) is 5.92 Å². The van der Waals surface area contributed by atoms with Crippen molar-refractivity contribution in [2.75, 3.05) is 0 Å². The molecule has 0 radical (unpaired) electrons. The van der Waals surface area contributed by atoms with E-state index in [-0.39, 0.29) is 17.8 Å². The van der Waals surface area contributed by atoms with Gasteiger partial charge in [0.25, 0.3) is 0 Å². The zero-order valence-electron chi connectivity index (χ0n) is 10.6. The van der Waals surface area contributed by atoms with Gasteiger partial charge in [-0.2, -0.15) is 0 Å². The van der Waals surface area contributed by atoms with Crippen LogP contribution in [0.3, 0.4) is 0 Å². The Morgan fingerprint density at radius 1 is 1.47 bits per heavy atom. The van der Waals surface area contributed by atoms with Crippen LogP contribution in [-0.4, -0.2) is 23.0 Å². The number of carbonyl (C=O) groups is 1. The summed E-state index contributed by atoms with van der Waals surface area (Å²) in [6.07, 6.45) is 4.92. The molecular weight excluding hydrogens is 218 g/mol. The molecule has 1 aliphatic carbocycles. The molecule has 1 aliphatic rings. The third kappa shape index (κ3) is 3.91. The number of nitrogens with one attached hydrogen (secondary N) is 1. The molecule has 1 saturated carbocycles. The van der Waals surface area contributed by atoms with Gasteiger partial charge >= 0.3 is 0 Å². The fraction of sp³-hybridized carbons (Fsp3) is 0.833. The van der Waals surface area contributed by atoms with Gasteiger partial charge in [-0.3, -0.25) is 4.79 Å². The van der Waals surface area contributed by atoms with Crippen LogP contribution in [0.25, 0.3) is 0 Å². The molecule has 5 heteroatoms. The predicted octanol–water partition coefficient (Wildman–Crippen LogP) is 1.45. The largest absolute Gasteiger partial charge is 0.409 e. The summed E-state index contributed by atoms with van der Waals surface area (Å²) in [5.74, 6) is 0.116. The quantitative estimate of drug-likeness (QED) is 0.301. The third-order valence-electron chi connectivity index (χ3n) is 3.56. The summed E-state index contributed by atoms with van der Waals surface area (Å²) in [5, 5.41) is 14.5. The highest BCUT2D eigenvalue weighted by molar-refractivity contribution is 6.02. The van der Waals surface area contributed by atoms with Gasteiger partial charge in [0.1, 0.15) is 0 Å². The summed E-state index contributed by atoms with van der Waals surface area (Å²) < 4.78 is 0. The second-order valence-electron chi connectivity index (χ2n) is 4.95. The van der Waals surface area contributed by atoms with Gasteiger partial charge in [-0.15, -0.1) is 0 Å². The summed E-state index contributed by atoms with van der Waals surface area (Å²) in [7, 11) is 0. The Bertz CT molecular complexity index is 283. The minimum absolute atomic E-state index is 0.00539. The summed E-state index contributed by atoms with van der Waals surface area (Å²) in [5.41, 5.74) is 5.49. The van der Waals surface area contributed by atoms with E-state index in [1.165, 1.54) is 0 Å². The molecule has 1 fully saturated rings. The number of amides is 1. The molecule has 1 unspecified atom stereocenters. The van der Waals surface area contributed by atoms with Crippen LogP contribution in [0.1, 0.15) is 46.0 Å². The van der Waals surface area contributed by atoms with E-state index < -0.39 is 5.92 Å². The average Bonchev–Trinajstić information content (AvgIpc) is 2.32. The Morgan fingerprint density at radius 3 is 2.53 bits per heavy atom. The van der Waals surface area contributed by atoms with Crippen molar-refractivity contribution in [3.05, 3.63) is 0 Å². The van der Waals surface area contributed by atoms with E-state index in [9.17, 15) is 4.79 Å². The summed E-state index contributed by atoms with van der Waals surface area (Å²) in [6.45, 7) is 4.09. The maximum Gasteiger partial charge on any atom is 0.231 e. The van der Waals surface area contributed by atoms with Gasteiger partial charge in [0.2, 0.25) is 5.91 Å². The molecule has 0 bridgehead atoms. The Labute approximate surface area is 102 Å². The van der Waals surface area contributed by atoms with Gasteiger partial charge in [0.15, 0.2) is 5.84 Å². The molecular formula is C12H23N3O2. The van der Waals surface area contributed by atoms with Gasteiger partial charge in [-0.1, -0.05) is 19.0 Å². The van der Waals surface area contributed by atoms with Crippen LogP contribution in [0.5, 0.6) is 0 Å². The topological polar surface area (TPSA) is 87.7 Å². The van der Waals surface area contributed by atoms with E-state index in [0.717, 1.165) is 31.6 Å². The smallest absolute Gasteiger partial charge is 0.231 e. The fourth-order valence-electron chi connectivity index (χ4n) is 2.30. The third-order valence-corrected chi connectivity index (χ3v) is 3.56. The van der Waals surface area contributed by atoms with Crippen molar-refractivity contribution in [3.8, 4) is 0 Å². The second kappa shape index (κ2) is 6.47. The molecule has 0 aromatic carbocycles. The van der Waals surface area contributed by atoms with Crippen molar-refractivity contribution in [1.82, 2.24) is 5.32 Å². The van der Waals surface area contributed by atoms with Crippen molar-refractivity contribution in [2.45, 2.75) is 52.0 Å². The molecule has 17 heavy (non-hydrogen) atoms. The number of hydrogen-bond donors (Lipinski definition) is 3. The molecule has 5 nitrogen and oxygen atoms in total. The lowest BCUT2D eigenvalue weighted by Crippen LogP contribution is -2.44. The number of amidine groups is 1. The molecule has 4 N–H and O–H groups in total. The van der Waals surface area contributed by atoms with Gasteiger partial charge in [-0.05, 0) is 38.0 Å². The Hall–Kier alpha value is -1.26. The van der Waals surface area contributed by atoms with Gasteiger partial charge in [0, 0.05) is 6.04 Å². The van der Waals surface area contributed by atoms with Crippen molar-refractivity contribution in [1.29, 1.82) is 0 Å². The highest BCUT2D eigenvalue weighted by atomic mass is 16.4. The Morgan fingerprint density at radius 2 is 2.06 bits per heavy atom. The van der Waals surface area contributed by atoms with E-state index in [4.69, 9.17) is 10.9 Å². The van der Waals surface area contributed by atoms with E-state index >= 15 is 0 Å². The molecule has 0 aromatic heterocycles. The van der Waals surface area contributed by atoms with E-state index in [0.29, 0.717) is 6.42 Å². The molecule has 1 amide bonds. The summed E-state index contributed by atoms with van der Waals surface area (Å²) >= 11 is 0. The summed E-state index contributed by atoms with van der Waals surface area (Å²) in [4.78, 5) is 11.9. The molecule has 0 aromatic rings. The van der Waals surface area contributed by atoms with Crippen LogP contribution < -0.4 is 11.1 Å². The monoisotopic (exact) mass is 241 g/mol. The van der Waals surface area contributed by atoms with Crippen LogP contribution in [0.4, 0.5) is 0 Å². The number of nitrogens with zero attached hydrogens (tertiary/aromatic N) is 1. The Kier molecular flexibility index (Phi) is 5.25. The van der Waals surface area contributed by atoms with Gasteiger partial charge in [-0.25, -0.2) is 0 Å². The first-order valence-electron chi connectivity index (χ1n) is 6.36. The zero-order chi connectivity index (χ0) is 12.8. The number of nitrogens with two attached hydrogens (primary N) is 1. The standard InChI is InChI=1S/C12H23N3O2/c1-3-10(11(13)15-17)12(16)14-9-6-4-8(2)5-7-9/h8-10,17H,3-7H2,1-2H3,(H2,13,15)(H,14,16). The molecule has 1 rings (SSSR count). The van der Waals surface area contributed by atoms with Crippen molar-refractivity contribution in [2.24, 2.45) is 22.7 Å². The van der Waals surface area contributed by atoms with Crippen LogP contribution in [0, 0.1) is 11.8 Å². The van der Waals surface area contributed by atoms with Crippen molar-refractivity contribution in [3.63, 3.8) is 0 Å². The minimum Gasteiger partial charge on any atom is -0.409 e. The molecule has 0 aliphatic heterocycles. The van der Waals surface area contributed by atoms with Gasteiger partial charge < -0.3 is 16.3 Å². The molecule has 0 heterocycles. The van der Waals surface area contributed by atoms with Crippen molar-refractivity contribution < 1.29 is 10.0 Å². The minimum atomic E-state index is -0.514. The van der Waals surface area contributed by atoms with E-state index in [1.54, 1.807) is 0 Å². The lowest BCUT2D eigenvalue weighted by atomic mass is 9.87. The molecule has 0 spiro atoms. The van der Waals surface area contributed by atoms with Crippen LogP contribution in [0.15, 0.2) is 5.16 Å².